The van der Waals surface area contributed by atoms with Crippen LogP contribution in [0.2, 0.25) is 0 Å². The summed E-state index contributed by atoms with van der Waals surface area (Å²) < 4.78 is 5.58. The van der Waals surface area contributed by atoms with E-state index in [2.05, 4.69) is 17.6 Å². The summed E-state index contributed by atoms with van der Waals surface area (Å²) in [7, 11) is 0. The van der Waals surface area contributed by atoms with Crippen molar-refractivity contribution in [1.82, 2.24) is 10.6 Å². The third kappa shape index (κ3) is 6.43. The second kappa shape index (κ2) is 9.19. The van der Waals surface area contributed by atoms with Crippen LogP contribution < -0.4 is 15.4 Å². The first-order valence-corrected chi connectivity index (χ1v) is 6.02. The zero-order valence-electron chi connectivity index (χ0n) is 10.0. The molecule has 1 rings (SSSR count). The van der Waals surface area contributed by atoms with Gasteiger partial charge in [-0.2, -0.15) is 0 Å². The monoisotopic (exact) mass is 222 g/mol. The summed E-state index contributed by atoms with van der Waals surface area (Å²) in [6, 6.07) is 9.94. The van der Waals surface area contributed by atoms with E-state index >= 15 is 0 Å². The van der Waals surface area contributed by atoms with Crippen LogP contribution in [0.15, 0.2) is 30.3 Å². The van der Waals surface area contributed by atoms with Gasteiger partial charge in [0.15, 0.2) is 0 Å². The maximum atomic E-state index is 5.58. The van der Waals surface area contributed by atoms with Crippen LogP contribution in [0.5, 0.6) is 5.75 Å². The molecule has 16 heavy (non-hydrogen) atoms. The molecule has 0 aliphatic heterocycles. The van der Waals surface area contributed by atoms with Gasteiger partial charge in [-0.25, -0.2) is 0 Å². The second-order valence-electron chi connectivity index (χ2n) is 3.62. The number of ether oxygens (including phenoxy) is 1. The van der Waals surface area contributed by atoms with Crippen molar-refractivity contribution in [3.63, 3.8) is 0 Å². The molecule has 0 amide bonds. The van der Waals surface area contributed by atoms with E-state index < -0.39 is 0 Å². The summed E-state index contributed by atoms with van der Waals surface area (Å²) >= 11 is 0. The minimum Gasteiger partial charge on any atom is -0.494 e. The Morgan fingerprint density at radius 1 is 1.00 bits per heavy atom. The van der Waals surface area contributed by atoms with Crippen LogP contribution in [0.25, 0.3) is 0 Å². The number of hydrogen-bond acceptors (Lipinski definition) is 3. The van der Waals surface area contributed by atoms with Crippen LogP contribution in [0.4, 0.5) is 0 Å². The molecule has 3 heteroatoms. The fraction of sp³-hybridized carbons (Fsp3) is 0.538. The smallest absolute Gasteiger partial charge is 0.119 e. The molecule has 0 saturated carbocycles. The fourth-order valence-electron chi connectivity index (χ4n) is 1.38. The van der Waals surface area contributed by atoms with E-state index in [-0.39, 0.29) is 0 Å². The third-order valence-corrected chi connectivity index (χ3v) is 2.24. The third-order valence-electron chi connectivity index (χ3n) is 2.24. The molecule has 0 aliphatic rings. The molecule has 0 unspecified atom stereocenters. The van der Waals surface area contributed by atoms with Crippen LogP contribution >= 0.6 is 0 Å². The van der Waals surface area contributed by atoms with Crippen LogP contribution in [0, 0.1) is 0 Å². The highest BCUT2D eigenvalue weighted by Crippen LogP contribution is 2.07. The van der Waals surface area contributed by atoms with Crippen molar-refractivity contribution >= 4 is 0 Å². The summed E-state index contributed by atoms with van der Waals surface area (Å²) in [4.78, 5) is 0. The summed E-state index contributed by atoms with van der Waals surface area (Å²) in [5, 5.41) is 6.64. The molecule has 0 saturated heterocycles. The topological polar surface area (TPSA) is 33.3 Å². The Balaban J connectivity index is 1.89. The lowest BCUT2D eigenvalue weighted by molar-refractivity contribution is 0.308. The Labute approximate surface area is 98.2 Å². The average Bonchev–Trinajstić information content (AvgIpc) is 2.34. The van der Waals surface area contributed by atoms with E-state index in [9.17, 15) is 0 Å². The molecule has 3 nitrogen and oxygen atoms in total. The minimum absolute atomic E-state index is 0.776. The quantitative estimate of drug-likeness (QED) is 0.623. The largest absolute Gasteiger partial charge is 0.494 e. The molecule has 0 fully saturated rings. The van der Waals surface area contributed by atoms with Gasteiger partial charge in [0.25, 0.3) is 0 Å². The van der Waals surface area contributed by atoms with Gasteiger partial charge in [0.2, 0.25) is 0 Å². The summed E-state index contributed by atoms with van der Waals surface area (Å²) in [6.45, 7) is 7.01. The van der Waals surface area contributed by atoms with E-state index in [4.69, 9.17) is 4.74 Å². The van der Waals surface area contributed by atoms with Gasteiger partial charge in [-0.15, -0.1) is 0 Å². The Morgan fingerprint density at radius 3 is 2.50 bits per heavy atom. The Bertz CT molecular complexity index is 251. The fourth-order valence-corrected chi connectivity index (χ4v) is 1.38. The van der Waals surface area contributed by atoms with Crippen LogP contribution in [0.1, 0.15) is 13.3 Å². The molecule has 90 valence electrons. The molecule has 1 aromatic rings. The Morgan fingerprint density at radius 2 is 1.75 bits per heavy atom. The predicted octanol–water partition coefficient (Wildman–Crippen LogP) is 1.65. The lowest BCUT2D eigenvalue weighted by Gasteiger charge is -2.07. The van der Waals surface area contributed by atoms with Gasteiger partial charge in [-0.3, -0.25) is 0 Å². The molecular weight excluding hydrogens is 200 g/mol. The first kappa shape index (κ1) is 13.0. The zero-order chi connectivity index (χ0) is 11.5. The van der Waals surface area contributed by atoms with Crippen molar-refractivity contribution in [2.45, 2.75) is 13.3 Å². The van der Waals surface area contributed by atoms with Crippen molar-refractivity contribution in [1.29, 1.82) is 0 Å². The maximum Gasteiger partial charge on any atom is 0.119 e. The van der Waals surface area contributed by atoms with Crippen LogP contribution in [0.3, 0.4) is 0 Å². The highest BCUT2D eigenvalue weighted by Gasteiger charge is 1.91. The van der Waals surface area contributed by atoms with Gasteiger partial charge in [0.1, 0.15) is 5.75 Å². The second-order valence-corrected chi connectivity index (χ2v) is 3.62. The van der Waals surface area contributed by atoms with Gasteiger partial charge in [0.05, 0.1) is 6.61 Å². The van der Waals surface area contributed by atoms with Crippen LogP contribution in [-0.4, -0.2) is 32.8 Å². The van der Waals surface area contributed by atoms with E-state index in [0.717, 1.165) is 45.0 Å². The van der Waals surface area contributed by atoms with Crippen molar-refractivity contribution in [2.24, 2.45) is 0 Å². The molecule has 2 N–H and O–H groups in total. The average molecular weight is 222 g/mol. The number of benzene rings is 1. The molecule has 1 aromatic carbocycles. The molecule has 0 radical (unpaired) electrons. The lowest BCUT2D eigenvalue weighted by Crippen LogP contribution is -2.28. The van der Waals surface area contributed by atoms with Crippen molar-refractivity contribution < 1.29 is 4.74 Å². The Hall–Kier alpha value is -1.06. The van der Waals surface area contributed by atoms with Crippen molar-refractivity contribution in [2.75, 3.05) is 32.8 Å². The number of rotatable bonds is 9. The number of para-hydroxylation sites is 1. The maximum absolute atomic E-state index is 5.58. The normalized spacial score (nSPS) is 10.3. The van der Waals surface area contributed by atoms with Gasteiger partial charge < -0.3 is 15.4 Å². The summed E-state index contributed by atoms with van der Waals surface area (Å²) in [5.41, 5.74) is 0. The SMILES string of the molecule is CCNCCNCCCOc1ccccc1. The highest BCUT2D eigenvalue weighted by molar-refractivity contribution is 5.20. The Kier molecular flexibility index (Phi) is 7.47. The highest BCUT2D eigenvalue weighted by atomic mass is 16.5. The van der Waals surface area contributed by atoms with E-state index in [1.807, 2.05) is 30.3 Å². The molecule has 0 bridgehead atoms. The number of likely N-dealkylation sites (N-methyl/N-ethyl adjacent to an activating group) is 1. The molecule has 0 aromatic heterocycles. The molecule has 0 spiro atoms. The van der Waals surface area contributed by atoms with Crippen molar-refractivity contribution in [3.8, 4) is 5.75 Å². The molecular formula is C13H22N2O. The summed E-state index contributed by atoms with van der Waals surface area (Å²) in [5.74, 6) is 0.954. The molecule has 0 atom stereocenters. The van der Waals surface area contributed by atoms with E-state index in [1.54, 1.807) is 0 Å². The van der Waals surface area contributed by atoms with Gasteiger partial charge in [-0.1, -0.05) is 25.1 Å². The van der Waals surface area contributed by atoms with Crippen molar-refractivity contribution in [3.05, 3.63) is 30.3 Å². The van der Waals surface area contributed by atoms with Crippen LogP contribution in [-0.2, 0) is 0 Å². The number of hydrogen-bond donors (Lipinski definition) is 2. The van der Waals surface area contributed by atoms with Gasteiger partial charge >= 0.3 is 0 Å². The van der Waals surface area contributed by atoms with Gasteiger partial charge in [0, 0.05) is 13.1 Å². The molecule has 0 heterocycles. The lowest BCUT2D eigenvalue weighted by atomic mass is 10.3. The van der Waals surface area contributed by atoms with E-state index in [1.165, 1.54) is 0 Å². The molecule has 0 aliphatic carbocycles. The van der Waals surface area contributed by atoms with Gasteiger partial charge in [-0.05, 0) is 31.6 Å². The minimum atomic E-state index is 0.776. The first-order chi connectivity index (χ1) is 7.93. The number of nitrogens with one attached hydrogen (secondary N) is 2. The zero-order valence-corrected chi connectivity index (χ0v) is 10.0. The first-order valence-electron chi connectivity index (χ1n) is 6.02. The summed E-state index contributed by atoms with van der Waals surface area (Å²) in [6.07, 6.45) is 1.04. The van der Waals surface area contributed by atoms with E-state index in [0.29, 0.717) is 0 Å². The standard InChI is InChI=1S/C13H22N2O/c1-2-14-10-11-15-9-6-12-16-13-7-4-3-5-8-13/h3-5,7-8,14-15H,2,6,9-12H2,1H3. The predicted molar refractivity (Wildman–Crippen MR) is 68.0 cm³/mol.